The third-order valence-electron chi connectivity index (χ3n) is 0. The van der Waals surface area contributed by atoms with Gasteiger partial charge in [0.25, 0.3) is 0 Å². The lowest BCUT2D eigenvalue weighted by atomic mass is 11.0. The SMILES string of the molecule is C.C.C.C.C.C.CC.CC.CC.CC.CC.CC.CC.CC.CC.CC. The summed E-state index contributed by atoms with van der Waals surface area (Å²) in [5.41, 5.74) is 0. The normalized spacial score (nSPS) is 2.31. The minimum atomic E-state index is 0. The van der Waals surface area contributed by atoms with Crippen molar-refractivity contribution in [3.8, 4) is 0 Å². The molecule has 0 aliphatic rings. The fourth-order valence-electron chi connectivity index (χ4n) is 0. The van der Waals surface area contributed by atoms with Gasteiger partial charge in [-0.1, -0.05) is 183 Å². The molecule has 0 aromatic heterocycles. The van der Waals surface area contributed by atoms with Crippen molar-refractivity contribution in [3.05, 3.63) is 0 Å². The van der Waals surface area contributed by atoms with E-state index < -0.39 is 0 Å². The molecule has 0 spiro atoms. The third kappa shape index (κ3) is 0. The van der Waals surface area contributed by atoms with Crippen molar-refractivity contribution >= 4 is 0 Å². The molecule has 0 unspecified atom stereocenters. The highest BCUT2D eigenvalue weighted by Gasteiger charge is 0.950. The van der Waals surface area contributed by atoms with Gasteiger partial charge in [-0.3, -0.25) is 0 Å². The maximum Gasteiger partial charge on any atom is -0.0683 e. The summed E-state index contributed by atoms with van der Waals surface area (Å²) in [5.74, 6) is 0. The van der Waals surface area contributed by atoms with E-state index in [1.807, 2.05) is 138 Å². The van der Waals surface area contributed by atoms with Crippen LogP contribution in [0.1, 0.15) is 183 Å². The van der Waals surface area contributed by atoms with Crippen LogP contribution in [0.5, 0.6) is 0 Å². The van der Waals surface area contributed by atoms with Gasteiger partial charge in [-0.25, -0.2) is 0 Å². The zero-order chi connectivity index (χ0) is 20.0. The van der Waals surface area contributed by atoms with Crippen LogP contribution >= 0.6 is 0 Å². The van der Waals surface area contributed by atoms with Crippen molar-refractivity contribution in [2.75, 3.05) is 0 Å². The zero-order valence-corrected chi connectivity index (χ0v) is 20.0. The van der Waals surface area contributed by atoms with Gasteiger partial charge in [0.2, 0.25) is 0 Å². The van der Waals surface area contributed by atoms with E-state index in [2.05, 4.69) is 0 Å². The van der Waals surface area contributed by atoms with Gasteiger partial charge in [0, 0.05) is 0 Å². The van der Waals surface area contributed by atoms with Crippen LogP contribution < -0.4 is 0 Å². The van der Waals surface area contributed by atoms with E-state index in [-0.39, 0.29) is 44.6 Å². The van der Waals surface area contributed by atoms with Gasteiger partial charge < -0.3 is 0 Å². The van der Waals surface area contributed by atoms with Gasteiger partial charge in [-0.2, -0.15) is 0 Å². The van der Waals surface area contributed by atoms with Crippen LogP contribution in [0.15, 0.2) is 0 Å². The van der Waals surface area contributed by atoms with E-state index in [0.29, 0.717) is 0 Å². The van der Waals surface area contributed by atoms with Gasteiger partial charge in [0.05, 0.1) is 0 Å². The van der Waals surface area contributed by atoms with Gasteiger partial charge in [0.1, 0.15) is 0 Å². The molecule has 0 radical (unpaired) electrons. The predicted octanol–water partition coefficient (Wildman–Crippen LogP) is 14.1. The lowest BCUT2D eigenvalue weighted by molar-refractivity contribution is 1.50. The second-order valence-electron chi connectivity index (χ2n) is 0. The molecule has 26 heavy (non-hydrogen) atoms. The Kier molecular flexibility index (Phi) is 0. The molecule has 0 N–H and O–H groups in total. The van der Waals surface area contributed by atoms with Crippen LogP contribution in [-0.2, 0) is 0 Å². The Hall–Kier alpha value is 0. The van der Waals surface area contributed by atoms with Crippen molar-refractivity contribution in [2.45, 2.75) is 183 Å². The molecule has 0 atom stereocenters. The van der Waals surface area contributed by atoms with E-state index in [0.717, 1.165) is 0 Å². The lowest BCUT2D eigenvalue weighted by Crippen LogP contribution is -0.856. The van der Waals surface area contributed by atoms with Gasteiger partial charge in [-0.05, 0) is 0 Å². The van der Waals surface area contributed by atoms with Gasteiger partial charge >= 0.3 is 0 Å². The molecule has 0 aliphatic carbocycles. The molecule has 0 heterocycles. The van der Waals surface area contributed by atoms with E-state index in [1.54, 1.807) is 0 Å². The van der Waals surface area contributed by atoms with Crippen LogP contribution in [0, 0.1) is 0 Å². The van der Waals surface area contributed by atoms with Crippen molar-refractivity contribution in [1.29, 1.82) is 0 Å². The Morgan fingerprint density at radius 1 is 0.115 bits per heavy atom. The Bertz CT molecular complexity index is 0. The van der Waals surface area contributed by atoms with Crippen molar-refractivity contribution in [3.63, 3.8) is 0 Å². The first-order valence-electron chi connectivity index (χ1n) is 10.0. The molecule has 0 fully saturated rings. The van der Waals surface area contributed by atoms with Crippen LogP contribution in [0.4, 0.5) is 0 Å². The summed E-state index contributed by atoms with van der Waals surface area (Å²) in [5, 5.41) is 0. The molecule has 0 bridgehead atoms. The number of hydrogen-bond acceptors (Lipinski definition) is 0. The smallest absolute Gasteiger partial charge is 0.0683 e. The average molecular weight is 397 g/mol. The highest BCUT2D eigenvalue weighted by Crippen LogP contribution is 1.16. The predicted molar refractivity (Wildman–Crippen MR) is 154 cm³/mol. The average Bonchev–Trinajstić information content (AvgIpc) is 2.71. The summed E-state index contributed by atoms with van der Waals surface area (Å²) >= 11 is 0. The minimum absolute atomic E-state index is 0. The minimum Gasteiger partial charge on any atom is -0.0776 e. The summed E-state index contributed by atoms with van der Waals surface area (Å²) in [6.45, 7) is 40.0. The van der Waals surface area contributed by atoms with Crippen molar-refractivity contribution in [1.82, 2.24) is 0 Å². The Morgan fingerprint density at radius 2 is 0.115 bits per heavy atom. The number of hydrogen-bond donors (Lipinski definition) is 0. The number of rotatable bonds is 0. The van der Waals surface area contributed by atoms with Crippen LogP contribution in [0.2, 0.25) is 0 Å². The third-order valence-corrected chi connectivity index (χ3v) is 0. The maximum atomic E-state index is 2.00. The van der Waals surface area contributed by atoms with E-state index in [4.69, 9.17) is 0 Å². The second kappa shape index (κ2) is 0. The molecular formula is C26H84. The summed E-state index contributed by atoms with van der Waals surface area (Å²) in [4.78, 5) is 0. The molecule has 0 heteroatoms. The van der Waals surface area contributed by atoms with E-state index in [9.17, 15) is 0 Å². The molecule has 0 nitrogen and oxygen atoms in total. The van der Waals surface area contributed by atoms with E-state index in [1.165, 1.54) is 0 Å². The van der Waals surface area contributed by atoms with Crippen molar-refractivity contribution in [2.24, 2.45) is 0 Å². The first-order valence-corrected chi connectivity index (χ1v) is 10.0. The summed E-state index contributed by atoms with van der Waals surface area (Å²) in [7, 11) is 0. The van der Waals surface area contributed by atoms with Crippen LogP contribution in [-0.4, -0.2) is 0 Å². The quantitative estimate of drug-likeness (QED) is 0.381. The first-order chi connectivity index (χ1) is 10.0. The van der Waals surface area contributed by atoms with Crippen LogP contribution in [0.25, 0.3) is 0 Å². The Morgan fingerprint density at radius 3 is 0.115 bits per heavy atom. The van der Waals surface area contributed by atoms with Gasteiger partial charge in [-0.15, -0.1) is 0 Å². The van der Waals surface area contributed by atoms with Gasteiger partial charge in [0.15, 0.2) is 0 Å². The molecule has 0 aromatic rings. The van der Waals surface area contributed by atoms with E-state index >= 15 is 0 Å². The molecular weight excluding hydrogens is 312 g/mol. The zero-order valence-electron chi connectivity index (χ0n) is 20.0. The molecule has 0 aromatic carbocycles. The lowest BCUT2D eigenvalue weighted by Gasteiger charge is -1.07. The Balaban J connectivity index is -0.00000000298. The second-order valence-corrected chi connectivity index (χ2v) is 0. The highest BCUT2D eigenvalue weighted by molar-refractivity contribution is 3.52. The highest BCUT2D eigenvalue weighted by atomic mass is 13.0. The first kappa shape index (κ1) is 162. The molecule has 0 saturated heterocycles. The van der Waals surface area contributed by atoms with Crippen LogP contribution in [0.3, 0.4) is 0 Å². The molecule has 0 amide bonds. The standard InChI is InChI=1S/10C2H6.6CH4/c10*1-2;;;;;;/h10*1-2H3;6*1H4. The van der Waals surface area contributed by atoms with Crippen molar-refractivity contribution < 1.29 is 0 Å². The topological polar surface area (TPSA) is 0 Å². The molecule has 188 valence electrons. The monoisotopic (exact) mass is 397 g/mol. The molecule has 0 aliphatic heterocycles. The Labute approximate surface area is 183 Å². The maximum absolute atomic E-state index is 2.00. The molecule has 0 saturated carbocycles. The summed E-state index contributed by atoms with van der Waals surface area (Å²) in [6.07, 6.45) is 0. The molecule has 0 rings (SSSR count). The fraction of sp³-hybridized carbons (Fsp3) is 1.00. The largest absolute Gasteiger partial charge is 0.0776 e. The summed E-state index contributed by atoms with van der Waals surface area (Å²) < 4.78 is 0. The summed E-state index contributed by atoms with van der Waals surface area (Å²) in [6, 6.07) is 0. The fourth-order valence-corrected chi connectivity index (χ4v) is 0.